The maximum atomic E-state index is 12.8. The third-order valence-electron chi connectivity index (χ3n) is 3.35. The van der Waals surface area contributed by atoms with Gasteiger partial charge in [-0.15, -0.1) is 0 Å². The summed E-state index contributed by atoms with van der Waals surface area (Å²) < 4.78 is 25.5. The first-order valence-corrected chi connectivity index (χ1v) is 5.78. The summed E-state index contributed by atoms with van der Waals surface area (Å²) in [4.78, 5) is 0. The maximum Gasteiger partial charge on any atom is 0.264 e. The lowest BCUT2D eigenvalue weighted by Gasteiger charge is -2.23. The number of nitrogens with one attached hydrogen (secondary N) is 1. The quantitative estimate of drug-likeness (QED) is 0.813. The van der Waals surface area contributed by atoms with Crippen LogP contribution in [0.2, 0.25) is 0 Å². The minimum absolute atomic E-state index is 0.191. The molecule has 1 heterocycles. The molecule has 1 aromatic rings. The van der Waals surface area contributed by atoms with Crippen molar-refractivity contribution in [1.29, 1.82) is 0 Å². The molecule has 16 heavy (non-hydrogen) atoms. The molecule has 88 valence electrons. The summed E-state index contributed by atoms with van der Waals surface area (Å²) in [6.45, 7) is 3.72. The lowest BCUT2D eigenvalue weighted by Crippen LogP contribution is -2.26. The van der Waals surface area contributed by atoms with E-state index in [2.05, 4.69) is 5.32 Å². The van der Waals surface area contributed by atoms with E-state index < -0.39 is 6.43 Å². The highest BCUT2D eigenvalue weighted by Crippen LogP contribution is 2.30. The molecule has 0 spiro atoms. The number of benzene rings is 1. The van der Waals surface area contributed by atoms with E-state index in [1.807, 2.05) is 12.1 Å². The van der Waals surface area contributed by atoms with Gasteiger partial charge in [0.1, 0.15) is 0 Å². The Hall–Kier alpha value is -0.960. The predicted molar refractivity (Wildman–Crippen MR) is 61.0 cm³/mol. The second-order valence-corrected chi connectivity index (χ2v) is 4.44. The number of alkyl halides is 2. The van der Waals surface area contributed by atoms with E-state index in [9.17, 15) is 8.78 Å². The number of hydrogen-bond acceptors (Lipinski definition) is 1. The van der Waals surface area contributed by atoms with Gasteiger partial charge in [0.25, 0.3) is 6.43 Å². The zero-order chi connectivity index (χ0) is 11.5. The minimum Gasteiger partial charge on any atom is -0.317 e. The fraction of sp³-hybridized carbons (Fsp3) is 0.538. The fourth-order valence-corrected chi connectivity index (χ4v) is 2.30. The van der Waals surface area contributed by atoms with Crippen molar-refractivity contribution < 1.29 is 8.78 Å². The summed E-state index contributed by atoms with van der Waals surface area (Å²) in [6.07, 6.45) is -0.265. The first-order chi connectivity index (χ1) is 7.68. The zero-order valence-electron chi connectivity index (χ0n) is 9.47. The molecule has 0 unspecified atom stereocenters. The molecule has 0 saturated carbocycles. The molecule has 1 aromatic carbocycles. The van der Waals surface area contributed by atoms with Gasteiger partial charge in [-0.3, -0.25) is 0 Å². The molecule has 0 radical (unpaired) electrons. The summed E-state index contributed by atoms with van der Waals surface area (Å²) >= 11 is 0. The lowest BCUT2D eigenvalue weighted by molar-refractivity contribution is 0.150. The molecule has 1 nitrogen and oxygen atoms in total. The van der Waals surface area contributed by atoms with E-state index in [1.165, 1.54) is 0 Å². The molecule has 1 aliphatic heterocycles. The molecule has 0 amide bonds. The molecular formula is C13H17F2N. The first kappa shape index (κ1) is 11.5. The van der Waals surface area contributed by atoms with Crippen LogP contribution in [0.3, 0.4) is 0 Å². The zero-order valence-corrected chi connectivity index (χ0v) is 9.47. The van der Waals surface area contributed by atoms with Crippen molar-refractivity contribution in [3.63, 3.8) is 0 Å². The van der Waals surface area contributed by atoms with Crippen LogP contribution in [0.5, 0.6) is 0 Å². The van der Waals surface area contributed by atoms with E-state index in [-0.39, 0.29) is 5.56 Å². The second kappa shape index (κ2) is 4.91. The Labute approximate surface area is 94.9 Å². The van der Waals surface area contributed by atoms with Crippen molar-refractivity contribution in [1.82, 2.24) is 5.32 Å². The Morgan fingerprint density at radius 1 is 1.25 bits per heavy atom. The van der Waals surface area contributed by atoms with E-state index in [0.29, 0.717) is 11.5 Å². The van der Waals surface area contributed by atoms with Gasteiger partial charge in [-0.1, -0.05) is 12.1 Å². The smallest absolute Gasteiger partial charge is 0.264 e. The van der Waals surface area contributed by atoms with Crippen molar-refractivity contribution in [2.24, 2.45) is 0 Å². The maximum absolute atomic E-state index is 12.8. The average molecular weight is 225 g/mol. The van der Waals surface area contributed by atoms with Crippen LogP contribution >= 0.6 is 0 Å². The Morgan fingerprint density at radius 2 is 1.94 bits per heavy atom. The van der Waals surface area contributed by atoms with Crippen LogP contribution in [-0.2, 0) is 0 Å². The highest BCUT2D eigenvalue weighted by Gasteiger charge is 2.18. The summed E-state index contributed by atoms with van der Waals surface area (Å²) in [5.74, 6) is 0.444. The summed E-state index contributed by atoms with van der Waals surface area (Å²) in [6, 6.07) is 5.51. The molecule has 0 aromatic heterocycles. The topological polar surface area (TPSA) is 12.0 Å². The van der Waals surface area contributed by atoms with E-state index in [0.717, 1.165) is 31.5 Å². The Bertz CT molecular complexity index is 357. The van der Waals surface area contributed by atoms with E-state index >= 15 is 0 Å². The first-order valence-electron chi connectivity index (χ1n) is 5.78. The fourth-order valence-electron chi connectivity index (χ4n) is 2.30. The summed E-state index contributed by atoms with van der Waals surface area (Å²) in [5, 5.41) is 3.29. The van der Waals surface area contributed by atoms with Crippen LogP contribution in [-0.4, -0.2) is 13.1 Å². The highest BCUT2D eigenvalue weighted by atomic mass is 19.3. The standard InChI is InChI=1S/C13H17F2N/c1-9-2-3-11(8-12(9)13(14)15)10-4-6-16-7-5-10/h2-3,8,10,13,16H,4-7H2,1H3. The Balaban J connectivity index is 2.24. The van der Waals surface area contributed by atoms with Crippen molar-refractivity contribution >= 4 is 0 Å². The highest BCUT2D eigenvalue weighted by molar-refractivity contribution is 5.34. The number of aryl methyl sites for hydroxylation is 1. The van der Waals surface area contributed by atoms with Crippen LogP contribution in [0.4, 0.5) is 8.78 Å². The number of rotatable bonds is 2. The Kier molecular flexibility index (Phi) is 3.54. The van der Waals surface area contributed by atoms with E-state index in [1.54, 1.807) is 13.0 Å². The van der Waals surface area contributed by atoms with Gasteiger partial charge in [-0.2, -0.15) is 0 Å². The number of hydrogen-bond donors (Lipinski definition) is 1. The molecule has 0 atom stereocenters. The van der Waals surface area contributed by atoms with Gasteiger partial charge in [0.15, 0.2) is 0 Å². The third kappa shape index (κ3) is 2.40. The molecule has 1 fully saturated rings. The molecular weight excluding hydrogens is 208 g/mol. The average Bonchev–Trinajstić information content (AvgIpc) is 2.30. The molecule has 1 N–H and O–H groups in total. The van der Waals surface area contributed by atoms with Crippen LogP contribution in [0, 0.1) is 6.92 Å². The van der Waals surface area contributed by atoms with Crippen molar-refractivity contribution in [2.75, 3.05) is 13.1 Å². The van der Waals surface area contributed by atoms with Gasteiger partial charge < -0.3 is 5.32 Å². The van der Waals surface area contributed by atoms with Crippen LogP contribution in [0.1, 0.15) is 41.9 Å². The number of halogens is 2. The van der Waals surface area contributed by atoms with Gasteiger partial charge in [0, 0.05) is 5.56 Å². The second-order valence-electron chi connectivity index (χ2n) is 4.44. The van der Waals surface area contributed by atoms with Crippen molar-refractivity contribution in [2.45, 2.75) is 32.1 Å². The summed E-state index contributed by atoms with van der Waals surface area (Å²) in [5.41, 5.74) is 1.95. The van der Waals surface area contributed by atoms with E-state index in [4.69, 9.17) is 0 Å². The molecule has 0 bridgehead atoms. The van der Waals surface area contributed by atoms with Gasteiger partial charge in [0.05, 0.1) is 0 Å². The van der Waals surface area contributed by atoms with Crippen molar-refractivity contribution in [3.05, 3.63) is 34.9 Å². The number of piperidine rings is 1. The van der Waals surface area contributed by atoms with Crippen LogP contribution < -0.4 is 5.32 Å². The predicted octanol–water partition coefficient (Wildman–Crippen LogP) is 3.40. The van der Waals surface area contributed by atoms with Crippen molar-refractivity contribution in [3.8, 4) is 0 Å². The molecule has 1 aliphatic rings. The van der Waals surface area contributed by atoms with Crippen LogP contribution in [0.25, 0.3) is 0 Å². The summed E-state index contributed by atoms with van der Waals surface area (Å²) in [7, 11) is 0. The molecule has 3 heteroatoms. The Morgan fingerprint density at radius 3 is 2.56 bits per heavy atom. The SMILES string of the molecule is Cc1ccc(C2CCNCC2)cc1C(F)F. The van der Waals surface area contributed by atoms with Gasteiger partial charge >= 0.3 is 0 Å². The largest absolute Gasteiger partial charge is 0.317 e. The monoisotopic (exact) mass is 225 g/mol. The van der Waals surface area contributed by atoms with Crippen LogP contribution in [0.15, 0.2) is 18.2 Å². The molecule has 0 aliphatic carbocycles. The molecule has 1 saturated heterocycles. The van der Waals surface area contributed by atoms with Gasteiger partial charge in [-0.25, -0.2) is 8.78 Å². The van der Waals surface area contributed by atoms with Gasteiger partial charge in [-0.05, 0) is 56.0 Å². The normalized spacial score (nSPS) is 18.0. The minimum atomic E-state index is -2.36. The van der Waals surface area contributed by atoms with Gasteiger partial charge in [0.2, 0.25) is 0 Å². The molecule has 2 rings (SSSR count). The lowest BCUT2D eigenvalue weighted by atomic mass is 9.88. The third-order valence-corrected chi connectivity index (χ3v) is 3.35.